The maximum Gasteiger partial charge on any atom is 0.255 e. The van der Waals surface area contributed by atoms with Gasteiger partial charge in [0.2, 0.25) is 5.96 Å². The van der Waals surface area contributed by atoms with Crippen molar-refractivity contribution in [1.29, 1.82) is 5.41 Å². The summed E-state index contributed by atoms with van der Waals surface area (Å²) in [6.45, 7) is 1.70. The number of benzene rings is 2. The van der Waals surface area contributed by atoms with Crippen molar-refractivity contribution in [2.24, 2.45) is 16.7 Å². The monoisotopic (exact) mass is 412 g/mol. The number of carbonyl (C=O) groups is 1. The number of nitrogen functional groups attached to an aromatic ring is 1. The molecule has 0 spiro atoms. The Balaban J connectivity index is 2.02. The summed E-state index contributed by atoms with van der Waals surface area (Å²) in [5.41, 5.74) is 11.2. The van der Waals surface area contributed by atoms with Crippen LogP contribution in [0, 0.1) is 5.41 Å². The number of hydrogen-bond acceptors (Lipinski definition) is 8. The van der Waals surface area contributed by atoms with Crippen molar-refractivity contribution in [2.75, 3.05) is 11.1 Å². The van der Waals surface area contributed by atoms with Crippen LogP contribution in [-0.4, -0.2) is 23.1 Å². The average molecular weight is 413 g/mol. The molecule has 2 aromatic carbocycles. The molecule has 9 nitrogen and oxygen atoms in total. The van der Waals surface area contributed by atoms with Crippen LogP contribution >= 0.6 is 11.6 Å². The molecule has 1 aliphatic heterocycles. The number of rotatable bonds is 4. The minimum absolute atomic E-state index is 0.220. The van der Waals surface area contributed by atoms with Crippen LogP contribution in [0.3, 0.4) is 0 Å². The van der Waals surface area contributed by atoms with Crippen molar-refractivity contribution in [3.05, 3.63) is 69.9 Å². The third kappa shape index (κ3) is 4.06. The first-order chi connectivity index (χ1) is 13.8. The molecule has 0 fully saturated rings. The number of carbonyl (C=O) groups excluding carboxylic acids is 1. The summed E-state index contributed by atoms with van der Waals surface area (Å²) in [4.78, 5) is 17.5. The second-order valence-electron chi connectivity index (χ2n) is 6.38. The van der Waals surface area contributed by atoms with Crippen molar-refractivity contribution in [2.45, 2.75) is 13.0 Å². The van der Waals surface area contributed by atoms with Crippen LogP contribution in [0.4, 0.5) is 11.4 Å². The van der Waals surface area contributed by atoms with E-state index < -0.39 is 11.9 Å². The van der Waals surface area contributed by atoms with Crippen LogP contribution in [0.25, 0.3) is 0 Å². The molecule has 9 N–H and O–H groups in total. The number of nitrogens with zero attached hydrogens (tertiary/aromatic N) is 2. The van der Waals surface area contributed by atoms with Gasteiger partial charge in [-0.3, -0.25) is 15.2 Å². The maximum atomic E-state index is 13.2. The minimum Gasteiger partial charge on any atom is -0.398 e. The van der Waals surface area contributed by atoms with Crippen LogP contribution in [0.1, 0.15) is 24.1 Å². The minimum atomic E-state index is -0.646. The molecule has 0 aromatic heterocycles. The summed E-state index contributed by atoms with van der Waals surface area (Å²) in [5.74, 6) is 11.6. The molecular formula is C19H21ClN8O. The van der Waals surface area contributed by atoms with Crippen LogP contribution in [0.5, 0.6) is 0 Å². The van der Waals surface area contributed by atoms with Gasteiger partial charge in [0.05, 0.1) is 11.3 Å². The lowest BCUT2D eigenvalue weighted by molar-refractivity contribution is -0.113. The molecule has 1 unspecified atom stereocenters. The van der Waals surface area contributed by atoms with Gasteiger partial charge >= 0.3 is 0 Å². The zero-order valence-corrected chi connectivity index (χ0v) is 16.4. The molecule has 0 radical (unpaired) electrons. The highest BCUT2D eigenvalue weighted by Crippen LogP contribution is 2.34. The molecule has 29 heavy (non-hydrogen) atoms. The first-order valence-corrected chi connectivity index (χ1v) is 9.00. The van der Waals surface area contributed by atoms with E-state index in [0.717, 1.165) is 11.8 Å². The van der Waals surface area contributed by atoms with Gasteiger partial charge in [0.15, 0.2) is 0 Å². The van der Waals surface area contributed by atoms with E-state index in [1.165, 1.54) is 5.01 Å². The number of guanidine groups is 1. The SMILES string of the molecule is CC1=C(C(=O)Nc2ccc(N)c(C=N)c2)C(c2ccc(Cl)cc2)N(N)C(NN)=N1. The number of nitrogens with one attached hydrogen (secondary N) is 3. The highest BCUT2D eigenvalue weighted by atomic mass is 35.5. The Hall–Kier alpha value is -3.40. The number of amides is 1. The predicted octanol–water partition coefficient (Wildman–Crippen LogP) is 1.88. The Bertz CT molecular complexity index is 1020. The smallest absolute Gasteiger partial charge is 0.255 e. The highest BCUT2D eigenvalue weighted by Gasteiger charge is 2.34. The fourth-order valence-corrected chi connectivity index (χ4v) is 3.21. The molecule has 1 aliphatic rings. The Kier molecular flexibility index (Phi) is 5.83. The molecule has 1 heterocycles. The molecule has 150 valence electrons. The lowest BCUT2D eigenvalue weighted by atomic mass is 9.94. The Morgan fingerprint density at radius 3 is 2.59 bits per heavy atom. The third-order valence-electron chi connectivity index (χ3n) is 4.52. The lowest BCUT2D eigenvalue weighted by Gasteiger charge is -2.35. The van der Waals surface area contributed by atoms with E-state index in [2.05, 4.69) is 15.7 Å². The Labute approximate surface area is 172 Å². The standard InChI is InChI=1S/C19H21ClN8O/c1-10-16(18(29)26-14-6-7-15(22)12(8-14)9-21)17(28(24)19(25-10)27-23)11-2-4-13(20)5-3-11/h2-9,17,21H,22-24H2,1H3,(H,25,27)(H,26,29). The van der Waals surface area contributed by atoms with Gasteiger partial charge in [-0.2, -0.15) is 0 Å². The quantitative estimate of drug-likeness (QED) is 0.194. The van der Waals surface area contributed by atoms with Crippen molar-refractivity contribution >= 4 is 41.1 Å². The second kappa shape index (κ2) is 8.31. The lowest BCUT2D eigenvalue weighted by Crippen LogP contribution is -2.53. The molecule has 1 amide bonds. The largest absolute Gasteiger partial charge is 0.398 e. The number of allylic oxidation sites excluding steroid dienone is 1. The van der Waals surface area contributed by atoms with E-state index in [4.69, 9.17) is 34.4 Å². The van der Waals surface area contributed by atoms with Crippen molar-refractivity contribution < 1.29 is 4.79 Å². The Morgan fingerprint density at radius 1 is 1.28 bits per heavy atom. The molecule has 3 rings (SSSR count). The van der Waals surface area contributed by atoms with Gasteiger partial charge in [-0.1, -0.05) is 23.7 Å². The average Bonchev–Trinajstić information content (AvgIpc) is 2.71. The molecule has 1 atom stereocenters. The first-order valence-electron chi connectivity index (χ1n) is 8.62. The van der Waals surface area contributed by atoms with Crippen LogP contribution in [0.2, 0.25) is 5.02 Å². The number of nitrogens with two attached hydrogens (primary N) is 3. The predicted molar refractivity (Wildman–Crippen MR) is 115 cm³/mol. The summed E-state index contributed by atoms with van der Waals surface area (Å²) in [7, 11) is 0. The highest BCUT2D eigenvalue weighted by molar-refractivity contribution is 6.30. The van der Waals surface area contributed by atoms with Crippen LogP contribution in [0.15, 0.2) is 58.7 Å². The zero-order chi connectivity index (χ0) is 21.1. The summed E-state index contributed by atoms with van der Waals surface area (Å²) >= 11 is 6.00. The number of aliphatic imine (C=N–C) groups is 1. The number of hydrazine groups is 2. The fourth-order valence-electron chi connectivity index (χ4n) is 3.08. The molecule has 0 saturated carbocycles. The zero-order valence-electron chi connectivity index (χ0n) is 15.6. The molecule has 10 heteroatoms. The third-order valence-corrected chi connectivity index (χ3v) is 4.77. The van der Waals surface area contributed by atoms with Gasteiger partial charge < -0.3 is 16.5 Å². The van der Waals surface area contributed by atoms with Gasteiger partial charge in [-0.25, -0.2) is 16.7 Å². The van der Waals surface area contributed by atoms with Gasteiger partial charge in [-0.15, -0.1) is 0 Å². The number of hydrogen-bond donors (Lipinski definition) is 6. The molecule has 0 aliphatic carbocycles. The van der Waals surface area contributed by atoms with E-state index in [9.17, 15) is 4.79 Å². The van der Waals surface area contributed by atoms with E-state index in [1.54, 1.807) is 49.4 Å². The second-order valence-corrected chi connectivity index (χ2v) is 6.82. The number of anilines is 2. The van der Waals surface area contributed by atoms with Gasteiger partial charge in [0, 0.05) is 28.2 Å². The normalized spacial score (nSPS) is 16.3. The first kappa shape index (κ1) is 20.3. The topological polar surface area (TPSA) is 159 Å². The van der Waals surface area contributed by atoms with Gasteiger partial charge in [-0.05, 0) is 42.8 Å². The molecule has 0 saturated heterocycles. The molecule has 2 aromatic rings. The molecular weight excluding hydrogens is 392 g/mol. The van der Waals surface area contributed by atoms with Gasteiger partial charge in [0.25, 0.3) is 5.91 Å². The fraction of sp³-hybridized carbons (Fsp3) is 0.105. The summed E-state index contributed by atoms with van der Waals surface area (Å²) in [5, 5.41) is 12.1. The van der Waals surface area contributed by atoms with E-state index in [0.29, 0.717) is 33.2 Å². The van der Waals surface area contributed by atoms with Crippen molar-refractivity contribution in [3.63, 3.8) is 0 Å². The van der Waals surface area contributed by atoms with E-state index >= 15 is 0 Å². The maximum absolute atomic E-state index is 13.2. The van der Waals surface area contributed by atoms with Gasteiger partial charge in [0.1, 0.15) is 6.04 Å². The summed E-state index contributed by atoms with van der Waals surface area (Å²) in [6, 6.07) is 11.2. The number of halogens is 1. The van der Waals surface area contributed by atoms with E-state index in [1.807, 2.05) is 0 Å². The Morgan fingerprint density at radius 2 is 1.97 bits per heavy atom. The van der Waals surface area contributed by atoms with Crippen LogP contribution in [-0.2, 0) is 4.79 Å². The molecule has 0 bridgehead atoms. The van der Waals surface area contributed by atoms with Crippen molar-refractivity contribution in [3.8, 4) is 0 Å². The van der Waals surface area contributed by atoms with Crippen molar-refractivity contribution in [1.82, 2.24) is 10.4 Å². The summed E-state index contributed by atoms with van der Waals surface area (Å²) < 4.78 is 0. The van der Waals surface area contributed by atoms with Crippen LogP contribution < -0.4 is 28.2 Å². The van der Waals surface area contributed by atoms with E-state index in [-0.39, 0.29) is 5.96 Å². The summed E-state index contributed by atoms with van der Waals surface area (Å²) in [6.07, 6.45) is 1.12.